The van der Waals surface area contributed by atoms with E-state index in [1.807, 2.05) is 0 Å². The minimum atomic E-state index is -0.792. The average molecular weight is 383 g/mol. The molecular formula is C19H33N3O5. The first-order chi connectivity index (χ1) is 12.9. The van der Waals surface area contributed by atoms with Crippen LogP contribution in [0.4, 0.5) is 4.79 Å². The van der Waals surface area contributed by atoms with Gasteiger partial charge < -0.3 is 10.2 Å². The third-order valence-corrected chi connectivity index (χ3v) is 5.70. The zero-order chi connectivity index (χ0) is 19.8. The summed E-state index contributed by atoms with van der Waals surface area (Å²) in [6, 6.07) is -0.938. The Hall–Kier alpha value is -1.67. The molecule has 3 amide bonds. The maximum atomic E-state index is 12.4. The molecule has 1 heterocycles. The topological polar surface area (TPSA) is 110 Å². The van der Waals surface area contributed by atoms with Gasteiger partial charge in [-0.25, -0.2) is 15.2 Å². The molecule has 1 saturated heterocycles. The Balaban J connectivity index is 1.79. The van der Waals surface area contributed by atoms with E-state index in [-0.39, 0.29) is 30.8 Å². The van der Waals surface area contributed by atoms with Crippen LogP contribution in [0.3, 0.4) is 0 Å². The number of nitrogens with one attached hydrogen (secondary N) is 1. The Kier molecular flexibility index (Phi) is 8.50. The van der Waals surface area contributed by atoms with Gasteiger partial charge in [-0.15, -0.1) is 0 Å². The Labute approximate surface area is 160 Å². The molecule has 1 aliphatic heterocycles. The number of rotatable bonds is 11. The van der Waals surface area contributed by atoms with E-state index in [9.17, 15) is 19.5 Å². The van der Waals surface area contributed by atoms with Crippen LogP contribution in [0.2, 0.25) is 0 Å². The molecule has 2 rings (SSSR count). The molecule has 3 N–H and O–H groups in total. The highest BCUT2D eigenvalue weighted by Gasteiger charge is 2.43. The number of hydrogen-bond donors (Lipinski definition) is 3. The first kappa shape index (κ1) is 21.6. The molecule has 8 heteroatoms. The first-order valence-electron chi connectivity index (χ1n) is 10.2. The highest BCUT2D eigenvalue weighted by molar-refractivity contribution is 6.03. The second-order valence-electron chi connectivity index (χ2n) is 7.74. The molecule has 2 atom stereocenters. The summed E-state index contributed by atoms with van der Waals surface area (Å²) in [6.45, 7) is 0.270. The summed E-state index contributed by atoms with van der Waals surface area (Å²) in [5.74, 6) is -0.768. The van der Waals surface area contributed by atoms with Crippen molar-refractivity contribution >= 4 is 17.9 Å². The number of imide groups is 1. The van der Waals surface area contributed by atoms with Gasteiger partial charge in [0.25, 0.3) is 5.91 Å². The number of urea groups is 1. The van der Waals surface area contributed by atoms with Gasteiger partial charge in [-0.3, -0.25) is 14.5 Å². The van der Waals surface area contributed by atoms with E-state index in [4.69, 9.17) is 5.11 Å². The zero-order valence-corrected chi connectivity index (χ0v) is 16.2. The number of unbranched alkanes of at least 4 members (excludes halogenated alkanes) is 3. The molecule has 0 aromatic heterocycles. The van der Waals surface area contributed by atoms with Crippen molar-refractivity contribution in [1.29, 1.82) is 0 Å². The van der Waals surface area contributed by atoms with Gasteiger partial charge in [-0.05, 0) is 31.6 Å². The van der Waals surface area contributed by atoms with Crippen molar-refractivity contribution < 1.29 is 24.6 Å². The lowest BCUT2D eigenvalue weighted by Gasteiger charge is -2.29. The van der Waals surface area contributed by atoms with E-state index in [1.54, 1.807) is 0 Å². The van der Waals surface area contributed by atoms with Gasteiger partial charge in [0.05, 0.1) is 6.10 Å². The van der Waals surface area contributed by atoms with Gasteiger partial charge >= 0.3 is 12.0 Å². The molecule has 0 spiro atoms. The second kappa shape index (κ2) is 10.6. The number of nitrogens with zero attached hydrogens (tertiary/aromatic N) is 2. The minimum absolute atomic E-state index is 0.163. The summed E-state index contributed by atoms with van der Waals surface area (Å²) in [7, 11) is 1.48. The van der Waals surface area contributed by atoms with Crippen LogP contribution in [-0.2, 0) is 9.59 Å². The van der Waals surface area contributed by atoms with Gasteiger partial charge in [0.2, 0.25) is 0 Å². The van der Waals surface area contributed by atoms with E-state index in [1.165, 1.54) is 18.5 Å². The standard InChI is InChI=1S/C19H33N3O5/c1-21-18(26)15(11-7-2-3-8-12-17(24)25)22(19(21)27)20-13-16(23)14-9-5-4-6-10-14/h14-16,20,23H,2-13H2,1H3,(H,24,25). The molecule has 2 unspecified atom stereocenters. The molecule has 2 aliphatic rings. The summed E-state index contributed by atoms with van der Waals surface area (Å²) >= 11 is 0. The smallest absolute Gasteiger partial charge is 0.341 e. The predicted molar refractivity (Wildman–Crippen MR) is 99.7 cm³/mol. The molecule has 0 aromatic rings. The van der Waals surface area contributed by atoms with Crippen molar-refractivity contribution in [3.8, 4) is 0 Å². The summed E-state index contributed by atoms with van der Waals surface area (Å²) in [5, 5.41) is 20.4. The minimum Gasteiger partial charge on any atom is -0.481 e. The number of carbonyl (C=O) groups excluding carboxylic acids is 2. The van der Waals surface area contributed by atoms with Gasteiger partial charge in [0.15, 0.2) is 0 Å². The third-order valence-electron chi connectivity index (χ3n) is 5.70. The van der Waals surface area contributed by atoms with Crippen LogP contribution in [0.1, 0.15) is 70.6 Å². The lowest BCUT2D eigenvalue weighted by molar-refractivity contribution is -0.137. The number of aliphatic carboxylic acids is 1. The summed E-state index contributed by atoms with van der Waals surface area (Å²) < 4.78 is 0. The normalized spacial score (nSPS) is 22.5. The summed E-state index contributed by atoms with van der Waals surface area (Å²) in [6.07, 6.45) is 8.69. The number of likely N-dealkylation sites (N-methyl/N-ethyl adjacent to an activating group) is 1. The van der Waals surface area contributed by atoms with Crippen molar-refractivity contribution in [2.24, 2.45) is 5.92 Å². The molecule has 2 fully saturated rings. The van der Waals surface area contributed by atoms with Gasteiger partial charge in [0.1, 0.15) is 6.04 Å². The fourth-order valence-electron chi connectivity index (χ4n) is 4.00. The molecule has 0 aromatic carbocycles. The number of hydrogen-bond acceptors (Lipinski definition) is 5. The van der Waals surface area contributed by atoms with E-state index >= 15 is 0 Å². The number of carboxylic acids is 1. The van der Waals surface area contributed by atoms with Crippen LogP contribution in [0.15, 0.2) is 0 Å². The number of hydrazine groups is 1. The van der Waals surface area contributed by atoms with Crippen molar-refractivity contribution in [3.05, 3.63) is 0 Å². The summed E-state index contributed by atoms with van der Waals surface area (Å²) in [4.78, 5) is 36.3. The fraction of sp³-hybridized carbons (Fsp3) is 0.842. The van der Waals surface area contributed by atoms with Crippen molar-refractivity contribution in [3.63, 3.8) is 0 Å². The number of carboxylic acid groups (broad SMARTS) is 1. The summed E-state index contributed by atoms with van der Waals surface area (Å²) in [5.41, 5.74) is 3.00. The molecule has 1 aliphatic carbocycles. The number of carbonyl (C=O) groups is 3. The van der Waals surface area contributed by atoms with E-state index in [0.717, 1.165) is 49.8 Å². The largest absolute Gasteiger partial charge is 0.481 e. The number of aliphatic hydroxyl groups excluding tert-OH is 1. The van der Waals surface area contributed by atoms with Gasteiger partial charge in [-0.1, -0.05) is 38.5 Å². The van der Waals surface area contributed by atoms with Crippen LogP contribution >= 0.6 is 0 Å². The maximum Gasteiger partial charge on any atom is 0.341 e. The lowest BCUT2D eigenvalue weighted by Crippen LogP contribution is -2.49. The van der Waals surface area contributed by atoms with Crippen molar-refractivity contribution in [2.45, 2.75) is 82.8 Å². The Morgan fingerprint density at radius 1 is 1.15 bits per heavy atom. The Morgan fingerprint density at radius 3 is 2.48 bits per heavy atom. The van der Waals surface area contributed by atoms with E-state index in [0.29, 0.717) is 12.8 Å². The Morgan fingerprint density at radius 2 is 1.81 bits per heavy atom. The van der Waals surface area contributed by atoms with Crippen LogP contribution in [-0.4, -0.2) is 63.8 Å². The number of aliphatic hydroxyl groups is 1. The quantitative estimate of drug-likeness (QED) is 0.372. The average Bonchev–Trinajstić information content (AvgIpc) is 2.86. The monoisotopic (exact) mass is 383 g/mol. The van der Waals surface area contributed by atoms with Crippen LogP contribution in [0, 0.1) is 5.92 Å². The molecule has 0 radical (unpaired) electrons. The molecular weight excluding hydrogens is 350 g/mol. The van der Waals surface area contributed by atoms with E-state index < -0.39 is 18.1 Å². The van der Waals surface area contributed by atoms with Crippen LogP contribution in [0.25, 0.3) is 0 Å². The number of amides is 3. The Bertz CT molecular complexity index is 521. The molecule has 8 nitrogen and oxygen atoms in total. The highest BCUT2D eigenvalue weighted by atomic mass is 16.4. The van der Waals surface area contributed by atoms with E-state index in [2.05, 4.69) is 5.43 Å². The zero-order valence-electron chi connectivity index (χ0n) is 16.2. The molecule has 0 bridgehead atoms. The maximum absolute atomic E-state index is 12.4. The molecule has 27 heavy (non-hydrogen) atoms. The molecule has 1 saturated carbocycles. The van der Waals surface area contributed by atoms with Crippen molar-refractivity contribution in [1.82, 2.24) is 15.3 Å². The highest BCUT2D eigenvalue weighted by Crippen LogP contribution is 2.26. The van der Waals surface area contributed by atoms with Crippen molar-refractivity contribution in [2.75, 3.05) is 13.6 Å². The van der Waals surface area contributed by atoms with Crippen LogP contribution < -0.4 is 5.43 Å². The predicted octanol–water partition coefficient (Wildman–Crippen LogP) is 2.12. The SMILES string of the molecule is CN1C(=O)C(CCCCCCC(=O)O)N(NCC(O)C2CCCCC2)C1=O. The van der Waals surface area contributed by atoms with Crippen LogP contribution in [0.5, 0.6) is 0 Å². The lowest BCUT2D eigenvalue weighted by atomic mass is 9.85. The first-order valence-corrected chi connectivity index (χ1v) is 10.2. The second-order valence-corrected chi connectivity index (χ2v) is 7.74. The third kappa shape index (κ3) is 6.17. The molecule has 154 valence electrons. The van der Waals surface area contributed by atoms with Gasteiger partial charge in [-0.2, -0.15) is 0 Å². The fourth-order valence-corrected chi connectivity index (χ4v) is 4.00. The van der Waals surface area contributed by atoms with Gasteiger partial charge in [0, 0.05) is 20.0 Å².